The van der Waals surface area contributed by atoms with Crippen LogP contribution in [-0.4, -0.2) is 4.98 Å². The Morgan fingerprint density at radius 2 is 1.62 bits per heavy atom. The maximum atomic E-state index is 5.96. The number of hydrogen-bond acceptors (Lipinski definition) is 0. The third-order valence-corrected chi connectivity index (χ3v) is 3.28. The van der Waals surface area contributed by atoms with Gasteiger partial charge in [-0.1, -0.05) is 59.6 Å². The maximum Gasteiger partial charge on any atom is 0.134 e. The fourth-order valence-corrected chi connectivity index (χ4v) is 2.44. The average Bonchev–Trinajstić information content (AvgIpc) is 2.67. The van der Waals surface area contributed by atoms with Crippen LogP contribution in [0.4, 0.5) is 0 Å². The third kappa shape index (κ3) is 1.40. The fourth-order valence-electron chi connectivity index (χ4n) is 2.08. The molecule has 1 aromatic heterocycles. The molecule has 3 rings (SSSR count). The Labute approximate surface area is 103 Å². The highest BCUT2D eigenvalue weighted by molar-refractivity contribution is 6.44. The summed E-state index contributed by atoms with van der Waals surface area (Å²) in [4.78, 5) is 2.86. The molecule has 0 aliphatic heterocycles. The number of aromatic nitrogens is 1. The first-order valence-electron chi connectivity index (χ1n) is 5.05. The summed E-state index contributed by atoms with van der Waals surface area (Å²) in [7, 11) is 0. The lowest BCUT2D eigenvalue weighted by molar-refractivity contribution is 1.36. The minimum Gasteiger partial charge on any atom is -0.354 e. The molecule has 0 saturated heterocycles. The van der Waals surface area contributed by atoms with Crippen LogP contribution >= 0.6 is 23.2 Å². The van der Waals surface area contributed by atoms with Gasteiger partial charge in [-0.15, -0.1) is 0 Å². The average molecular weight is 250 g/mol. The molecule has 80 valence electrons. The van der Waals surface area contributed by atoms with E-state index in [1.54, 1.807) is 0 Å². The molecule has 0 saturated carbocycles. The second-order valence-electron chi connectivity index (χ2n) is 3.74. The Kier molecular flexibility index (Phi) is 2.31. The summed E-state index contributed by atoms with van der Waals surface area (Å²) in [6.07, 6.45) is 0. The number of para-hydroxylation sites is 2. The molecule has 0 unspecified atom stereocenters. The Bertz CT molecular complexity index is 655. The highest BCUT2D eigenvalue weighted by Gasteiger charge is 2.11. The lowest BCUT2D eigenvalue weighted by Gasteiger charge is -2.02. The molecule has 0 amide bonds. The molecule has 16 heavy (non-hydrogen) atoms. The SMILES string of the molecule is ClC(Cl)c1cccc2c1[nH]c1ccccc12. The van der Waals surface area contributed by atoms with Crippen LogP contribution in [-0.2, 0) is 0 Å². The lowest BCUT2D eigenvalue weighted by atomic mass is 10.1. The summed E-state index contributed by atoms with van der Waals surface area (Å²) in [6.45, 7) is 0. The predicted molar refractivity (Wildman–Crippen MR) is 70.3 cm³/mol. The second-order valence-corrected chi connectivity index (χ2v) is 4.84. The van der Waals surface area contributed by atoms with E-state index in [2.05, 4.69) is 23.2 Å². The van der Waals surface area contributed by atoms with Crippen molar-refractivity contribution in [1.82, 2.24) is 4.98 Å². The molecule has 1 N–H and O–H groups in total. The van der Waals surface area contributed by atoms with Crippen molar-refractivity contribution >= 4 is 45.0 Å². The molecule has 0 aliphatic rings. The molecule has 0 spiro atoms. The normalized spacial score (nSPS) is 11.7. The van der Waals surface area contributed by atoms with E-state index in [1.807, 2.05) is 24.3 Å². The second kappa shape index (κ2) is 3.69. The van der Waals surface area contributed by atoms with Crippen molar-refractivity contribution < 1.29 is 0 Å². The molecule has 0 fully saturated rings. The Morgan fingerprint density at radius 3 is 2.44 bits per heavy atom. The van der Waals surface area contributed by atoms with Gasteiger partial charge < -0.3 is 4.98 Å². The van der Waals surface area contributed by atoms with E-state index in [1.165, 1.54) is 10.8 Å². The van der Waals surface area contributed by atoms with Crippen LogP contribution < -0.4 is 0 Å². The molecular formula is C13H9Cl2N. The van der Waals surface area contributed by atoms with Crippen LogP contribution in [0.25, 0.3) is 21.8 Å². The molecule has 0 bridgehead atoms. The molecule has 0 atom stereocenters. The zero-order valence-corrected chi connectivity index (χ0v) is 9.89. The van der Waals surface area contributed by atoms with E-state index < -0.39 is 4.84 Å². The number of hydrogen-bond donors (Lipinski definition) is 1. The van der Waals surface area contributed by atoms with Crippen LogP contribution in [0.5, 0.6) is 0 Å². The van der Waals surface area contributed by atoms with Crippen LogP contribution in [0.3, 0.4) is 0 Å². The summed E-state index contributed by atoms with van der Waals surface area (Å²) in [5.41, 5.74) is 3.06. The molecule has 3 heteroatoms. The van der Waals surface area contributed by atoms with Crippen molar-refractivity contribution in [3.8, 4) is 0 Å². The van der Waals surface area contributed by atoms with Gasteiger partial charge in [-0.25, -0.2) is 0 Å². The van der Waals surface area contributed by atoms with Crippen molar-refractivity contribution in [3.05, 3.63) is 48.0 Å². The van der Waals surface area contributed by atoms with E-state index >= 15 is 0 Å². The van der Waals surface area contributed by atoms with Crippen LogP contribution in [0.1, 0.15) is 10.4 Å². The van der Waals surface area contributed by atoms with E-state index in [-0.39, 0.29) is 0 Å². The highest BCUT2D eigenvalue weighted by atomic mass is 35.5. The Hall–Kier alpha value is -1.18. The van der Waals surface area contributed by atoms with Crippen molar-refractivity contribution in [3.63, 3.8) is 0 Å². The number of H-pyrrole nitrogens is 1. The van der Waals surface area contributed by atoms with Crippen LogP contribution in [0, 0.1) is 0 Å². The van der Waals surface area contributed by atoms with Crippen LogP contribution in [0.15, 0.2) is 42.5 Å². The summed E-state index contributed by atoms with van der Waals surface area (Å²) >= 11 is 11.9. The van der Waals surface area contributed by atoms with Crippen molar-refractivity contribution in [1.29, 1.82) is 0 Å². The van der Waals surface area contributed by atoms with Gasteiger partial charge in [0.2, 0.25) is 0 Å². The van der Waals surface area contributed by atoms with Gasteiger partial charge in [0.15, 0.2) is 0 Å². The number of rotatable bonds is 1. The number of fused-ring (bicyclic) bond motifs is 3. The number of aromatic amines is 1. The number of halogens is 2. The quantitative estimate of drug-likeness (QED) is 0.597. The number of alkyl halides is 2. The van der Waals surface area contributed by atoms with Gasteiger partial charge >= 0.3 is 0 Å². The molecule has 1 heterocycles. The zero-order valence-electron chi connectivity index (χ0n) is 8.37. The Balaban J connectivity index is 2.49. The van der Waals surface area contributed by atoms with E-state index in [0.29, 0.717) is 0 Å². The predicted octanol–water partition coefficient (Wildman–Crippen LogP) is 4.80. The lowest BCUT2D eigenvalue weighted by Crippen LogP contribution is -1.83. The minimum atomic E-state index is -0.503. The molecular weight excluding hydrogens is 241 g/mol. The monoisotopic (exact) mass is 249 g/mol. The summed E-state index contributed by atoms with van der Waals surface area (Å²) < 4.78 is 0. The van der Waals surface area contributed by atoms with Gasteiger partial charge in [0.1, 0.15) is 4.84 Å². The number of nitrogens with one attached hydrogen (secondary N) is 1. The van der Waals surface area contributed by atoms with Crippen molar-refractivity contribution in [2.45, 2.75) is 4.84 Å². The van der Waals surface area contributed by atoms with Gasteiger partial charge in [0, 0.05) is 21.9 Å². The molecule has 0 radical (unpaired) electrons. The van der Waals surface area contributed by atoms with Crippen molar-refractivity contribution in [2.24, 2.45) is 0 Å². The van der Waals surface area contributed by atoms with Crippen molar-refractivity contribution in [2.75, 3.05) is 0 Å². The standard InChI is InChI=1S/C13H9Cl2N/c14-13(15)10-6-3-5-9-8-4-1-2-7-11(8)16-12(9)10/h1-7,13,16H. The molecule has 0 aliphatic carbocycles. The minimum absolute atomic E-state index is 0.503. The first-order chi connectivity index (χ1) is 7.77. The largest absolute Gasteiger partial charge is 0.354 e. The smallest absolute Gasteiger partial charge is 0.134 e. The molecule has 1 nitrogen and oxygen atoms in total. The summed E-state index contributed by atoms with van der Waals surface area (Å²) in [5.74, 6) is 0. The van der Waals surface area contributed by atoms with Gasteiger partial charge in [0.05, 0.1) is 5.52 Å². The fraction of sp³-hybridized carbons (Fsp3) is 0.0769. The van der Waals surface area contributed by atoms with Gasteiger partial charge in [-0.05, 0) is 6.07 Å². The zero-order chi connectivity index (χ0) is 11.1. The first-order valence-corrected chi connectivity index (χ1v) is 5.92. The molecule has 3 aromatic rings. The topological polar surface area (TPSA) is 15.8 Å². The van der Waals surface area contributed by atoms with Gasteiger partial charge in [-0.3, -0.25) is 0 Å². The summed E-state index contributed by atoms with van der Waals surface area (Å²) in [5, 5.41) is 2.37. The Morgan fingerprint density at radius 1 is 0.875 bits per heavy atom. The van der Waals surface area contributed by atoms with Crippen LogP contribution in [0.2, 0.25) is 0 Å². The maximum absolute atomic E-state index is 5.96. The third-order valence-electron chi connectivity index (χ3n) is 2.81. The van der Waals surface area contributed by atoms with E-state index in [9.17, 15) is 0 Å². The molecule has 2 aromatic carbocycles. The number of benzene rings is 2. The first kappa shape index (κ1) is 10.0. The highest BCUT2D eigenvalue weighted by Crippen LogP contribution is 2.34. The van der Waals surface area contributed by atoms with E-state index in [4.69, 9.17) is 23.2 Å². The summed E-state index contributed by atoms with van der Waals surface area (Å²) in [6, 6.07) is 14.2. The van der Waals surface area contributed by atoms with E-state index in [0.717, 1.165) is 16.6 Å². The van der Waals surface area contributed by atoms with Gasteiger partial charge in [0.25, 0.3) is 0 Å². The van der Waals surface area contributed by atoms with Gasteiger partial charge in [-0.2, -0.15) is 0 Å².